The van der Waals surface area contributed by atoms with E-state index >= 15 is 0 Å². The predicted molar refractivity (Wildman–Crippen MR) is 94.1 cm³/mol. The van der Waals surface area contributed by atoms with Crippen LogP contribution in [-0.2, 0) is 0 Å². The highest BCUT2D eigenvalue weighted by Gasteiger charge is 2.21. The first-order valence-electron chi connectivity index (χ1n) is 8.96. The Morgan fingerprint density at radius 2 is 1.96 bits per heavy atom. The first-order chi connectivity index (χ1) is 11.7. The van der Waals surface area contributed by atoms with Gasteiger partial charge in [0.05, 0.1) is 5.69 Å². The van der Waals surface area contributed by atoms with Crippen molar-refractivity contribution in [3.05, 3.63) is 29.6 Å². The van der Waals surface area contributed by atoms with Crippen molar-refractivity contribution in [3.63, 3.8) is 0 Å². The number of nitrogens with one attached hydrogen (secondary N) is 2. The van der Waals surface area contributed by atoms with Gasteiger partial charge in [0.1, 0.15) is 5.82 Å². The largest absolute Gasteiger partial charge is 0.367 e. The number of carbonyl (C=O) groups excluding carboxylic acids is 1. The van der Waals surface area contributed by atoms with Gasteiger partial charge < -0.3 is 20.4 Å². The van der Waals surface area contributed by atoms with Crippen LogP contribution < -0.4 is 15.5 Å². The quantitative estimate of drug-likeness (QED) is 0.875. The molecule has 2 saturated heterocycles. The van der Waals surface area contributed by atoms with E-state index in [-0.39, 0.29) is 17.8 Å². The molecule has 2 heterocycles. The Balaban J connectivity index is 1.62. The fourth-order valence-corrected chi connectivity index (χ4v) is 3.44. The third-order valence-electron chi connectivity index (χ3n) is 5.04. The summed E-state index contributed by atoms with van der Waals surface area (Å²) in [5.74, 6) is -0.485. The number of rotatable bonds is 4. The second-order valence-electron chi connectivity index (χ2n) is 6.59. The summed E-state index contributed by atoms with van der Waals surface area (Å²) in [7, 11) is 0. The maximum atomic E-state index is 14.5. The van der Waals surface area contributed by atoms with Gasteiger partial charge in [-0.25, -0.2) is 4.39 Å². The number of carbonyl (C=O) groups is 1. The number of anilines is 1. The summed E-state index contributed by atoms with van der Waals surface area (Å²) in [6, 6.07) is 5.04. The summed E-state index contributed by atoms with van der Waals surface area (Å²) in [5.41, 5.74) is 1.01. The van der Waals surface area contributed by atoms with Crippen LogP contribution in [-0.4, -0.2) is 62.7 Å². The number of benzene rings is 1. The van der Waals surface area contributed by atoms with E-state index in [2.05, 4.69) is 27.4 Å². The zero-order chi connectivity index (χ0) is 16.9. The fraction of sp³-hybridized carbons (Fsp3) is 0.611. The minimum atomic E-state index is -0.307. The van der Waals surface area contributed by atoms with E-state index in [4.69, 9.17) is 0 Å². The summed E-state index contributed by atoms with van der Waals surface area (Å²) in [5, 5.41) is 6.28. The van der Waals surface area contributed by atoms with Crippen molar-refractivity contribution in [1.82, 2.24) is 15.5 Å². The lowest BCUT2D eigenvalue weighted by Gasteiger charge is -2.35. The average molecular weight is 334 g/mol. The van der Waals surface area contributed by atoms with Gasteiger partial charge in [-0.3, -0.25) is 4.79 Å². The number of piperazine rings is 1. The zero-order valence-electron chi connectivity index (χ0n) is 14.4. The van der Waals surface area contributed by atoms with Gasteiger partial charge in [0, 0.05) is 37.8 Å². The monoisotopic (exact) mass is 334 g/mol. The molecule has 1 amide bonds. The number of hydrogen-bond donors (Lipinski definition) is 2. The summed E-state index contributed by atoms with van der Waals surface area (Å²) >= 11 is 0. The van der Waals surface area contributed by atoms with Crippen LogP contribution in [0.15, 0.2) is 18.2 Å². The maximum absolute atomic E-state index is 14.5. The second kappa shape index (κ2) is 7.94. The summed E-state index contributed by atoms with van der Waals surface area (Å²) in [4.78, 5) is 16.7. The molecule has 3 rings (SSSR count). The molecule has 5 nitrogen and oxygen atoms in total. The Kier molecular flexibility index (Phi) is 5.68. The van der Waals surface area contributed by atoms with Crippen molar-refractivity contribution in [2.24, 2.45) is 0 Å². The van der Waals surface area contributed by atoms with Crippen molar-refractivity contribution in [2.45, 2.75) is 25.8 Å². The molecule has 0 atom stereocenters. The van der Waals surface area contributed by atoms with Crippen LogP contribution in [0.5, 0.6) is 0 Å². The van der Waals surface area contributed by atoms with E-state index in [1.54, 1.807) is 12.1 Å². The van der Waals surface area contributed by atoms with E-state index in [0.29, 0.717) is 11.3 Å². The Morgan fingerprint density at radius 1 is 1.25 bits per heavy atom. The molecule has 1 aromatic rings. The number of likely N-dealkylation sites (N-methyl/N-ethyl adjacent to an activating group) is 1. The molecule has 24 heavy (non-hydrogen) atoms. The number of hydrogen-bond acceptors (Lipinski definition) is 4. The Hall–Kier alpha value is -1.66. The highest BCUT2D eigenvalue weighted by molar-refractivity contribution is 5.94. The molecule has 0 saturated carbocycles. The highest BCUT2D eigenvalue weighted by atomic mass is 19.1. The minimum Gasteiger partial charge on any atom is -0.367 e. The molecular weight excluding hydrogens is 307 g/mol. The highest BCUT2D eigenvalue weighted by Crippen LogP contribution is 2.22. The van der Waals surface area contributed by atoms with Crippen molar-refractivity contribution >= 4 is 11.6 Å². The Morgan fingerprint density at radius 3 is 2.58 bits per heavy atom. The fourth-order valence-electron chi connectivity index (χ4n) is 3.44. The molecule has 0 aliphatic carbocycles. The van der Waals surface area contributed by atoms with Crippen LogP contribution in [0.1, 0.15) is 30.1 Å². The Bertz CT molecular complexity index is 566. The molecule has 0 bridgehead atoms. The van der Waals surface area contributed by atoms with Gasteiger partial charge in [-0.05, 0) is 50.7 Å². The number of halogens is 1. The molecule has 2 aliphatic rings. The van der Waals surface area contributed by atoms with Crippen molar-refractivity contribution < 1.29 is 9.18 Å². The van der Waals surface area contributed by atoms with Crippen LogP contribution in [0.4, 0.5) is 10.1 Å². The standard InChI is InChI=1S/C18H27FN4O/c1-2-22-9-11-23(12-10-22)17-4-3-14(13-16(17)19)18(24)21-15-5-7-20-8-6-15/h3-4,13,15,20H,2,5-12H2,1H3,(H,21,24). The lowest BCUT2D eigenvalue weighted by atomic mass is 10.1. The molecule has 6 heteroatoms. The number of piperidine rings is 1. The van der Waals surface area contributed by atoms with Crippen molar-refractivity contribution in [1.29, 1.82) is 0 Å². The molecule has 2 fully saturated rings. The molecule has 2 N–H and O–H groups in total. The molecule has 0 spiro atoms. The zero-order valence-corrected chi connectivity index (χ0v) is 14.4. The van der Waals surface area contributed by atoms with Crippen LogP contribution in [0.25, 0.3) is 0 Å². The van der Waals surface area contributed by atoms with Crippen molar-refractivity contribution in [2.75, 3.05) is 50.7 Å². The van der Waals surface area contributed by atoms with Gasteiger partial charge in [-0.2, -0.15) is 0 Å². The van der Waals surface area contributed by atoms with Gasteiger partial charge in [0.25, 0.3) is 5.91 Å². The third kappa shape index (κ3) is 4.05. The first-order valence-corrected chi connectivity index (χ1v) is 8.96. The van der Waals surface area contributed by atoms with Gasteiger partial charge in [0.2, 0.25) is 0 Å². The van der Waals surface area contributed by atoms with E-state index in [1.807, 2.05) is 0 Å². The maximum Gasteiger partial charge on any atom is 0.251 e. The average Bonchev–Trinajstić information content (AvgIpc) is 2.62. The smallest absolute Gasteiger partial charge is 0.251 e. The van der Waals surface area contributed by atoms with E-state index in [9.17, 15) is 9.18 Å². The van der Waals surface area contributed by atoms with Crippen LogP contribution in [0.2, 0.25) is 0 Å². The minimum absolute atomic E-state index is 0.178. The van der Waals surface area contributed by atoms with Crippen LogP contribution in [0, 0.1) is 5.82 Å². The molecule has 0 unspecified atom stereocenters. The Labute approximate surface area is 143 Å². The van der Waals surface area contributed by atoms with Crippen molar-refractivity contribution in [3.8, 4) is 0 Å². The van der Waals surface area contributed by atoms with Crippen LogP contribution >= 0.6 is 0 Å². The lowest BCUT2D eigenvalue weighted by molar-refractivity contribution is 0.0929. The van der Waals surface area contributed by atoms with Gasteiger partial charge in [-0.1, -0.05) is 6.92 Å². The molecule has 1 aromatic carbocycles. The SMILES string of the molecule is CCN1CCN(c2ccc(C(=O)NC3CCNCC3)cc2F)CC1. The summed E-state index contributed by atoms with van der Waals surface area (Å²) in [6.45, 7) is 8.57. The van der Waals surface area contributed by atoms with Gasteiger partial charge >= 0.3 is 0 Å². The number of nitrogens with zero attached hydrogens (tertiary/aromatic N) is 2. The molecule has 132 valence electrons. The number of amides is 1. The summed E-state index contributed by atoms with van der Waals surface area (Å²) in [6.07, 6.45) is 1.85. The molecule has 0 radical (unpaired) electrons. The molecule has 0 aromatic heterocycles. The lowest BCUT2D eigenvalue weighted by Crippen LogP contribution is -2.46. The van der Waals surface area contributed by atoms with E-state index < -0.39 is 0 Å². The van der Waals surface area contributed by atoms with Gasteiger partial charge in [-0.15, -0.1) is 0 Å². The second-order valence-corrected chi connectivity index (χ2v) is 6.59. The topological polar surface area (TPSA) is 47.6 Å². The predicted octanol–water partition coefficient (Wildman–Crippen LogP) is 1.45. The third-order valence-corrected chi connectivity index (χ3v) is 5.04. The molecule has 2 aliphatic heterocycles. The van der Waals surface area contributed by atoms with E-state index in [1.165, 1.54) is 6.07 Å². The summed E-state index contributed by atoms with van der Waals surface area (Å²) < 4.78 is 14.5. The normalized spacial score (nSPS) is 20.2. The molecular formula is C18H27FN4O. The first kappa shape index (κ1) is 17.2. The van der Waals surface area contributed by atoms with Gasteiger partial charge in [0.15, 0.2) is 0 Å². The van der Waals surface area contributed by atoms with E-state index in [0.717, 1.165) is 58.7 Å². The van der Waals surface area contributed by atoms with Crippen LogP contribution in [0.3, 0.4) is 0 Å².